The summed E-state index contributed by atoms with van der Waals surface area (Å²) in [5.41, 5.74) is 1.85. The number of likely N-dealkylation sites (tertiary alicyclic amines) is 2. The van der Waals surface area contributed by atoms with Gasteiger partial charge >= 0.3 is 36.3 Å². The Balaban J connectivity index is 0. The van der Waals surface area contributed by atoms with E-state index < -0.39 is 36.3 Å². The first kappa shape index (κ1) is 73.1. The smallest absolute Gasteiger partial charge is 0.592 e. The van der Waals surface area contributed by atoms with Gasteiger partial charge in [-0.3, -0.25) is 62.8 Å². The second-order valence-corrected chi connectivity index (χ2v) is 21.5. The van der Waals surface area contributed by atoms with Crippen molar-refractivity contribution in [1.82, 2.24) is 19.7 Å². The summed E-state index contributed by atoms with van der Waals surface area (Å²) in [7, 11) is -8.73. The Morgan fingerprint density at radius 2 is 1.01 bits per heavy atom. The van der Waals surface area contributed by atoms with Gasteiger partial charge in [0, 0.05) is 101 Å². The molecular weight excluding hydrogens is 998 g/mol. The molecule has 8 aliphatic heterocycles. The van der Waals surface area contributed by atoms with Crippen LogP contribution in [0.3, 0.4) is 0 Å². The number of piperidine rings is 3. The number of nitrogens with one attached hydrogen (secondary N) is 5. The molecule has 426 valence electrons. The zero-order chi connectivity index (χ0) is 49.9. The Morgan fingerprint density at radius 3 is 1.44 bits per heavy atom. The van der Waals surface area contributed by atoms with Gasteiger partial charge < -0.3 is 52.8 Å². The zero-order valence-electron chi connectivity index (χ0n) is 43.6. The number of quaternary nitrogens is 5. The fraction of sp³-hybridized carbons (Fsp3) is 0.884. The Kier molecular flexibility index (Phi) is 37.1. The number of likely N-dealkylation sites (N-methyl/N-ethyl adjacent to an activating group) is 1. The minimum Gasteiger partial charge on any atom is -1.00 e. The van der Waals surface area contributed by atoms with E-state index in [1.165, 1.54) is 5.56 Å². The monoisotopic (exact) mass is 1080 g/mol. The highest BCUT2D eigenvalue weighted by atomic mass is 19.3. The normalized spacial score (nSPS) is 26.6. The topological polar surface area (TPSA) is 54.0 Å². The van der Waals surface area contributed by atoms with Crippen LogP contribution in [0.5, 0.6) is 0 Å². The highest BCUT2D eigenvalue weighted by molar-refractivity contribution is 6.43. The van der Waals surface area contributed by atoms with Crippen LogP contribution >= 0.6 is 0 Å². The van der Waals surface area contributed by atoms with Gasteiger partial charge in [0.1, 0.15) is 32.2 Å². The molecule has 30 heteroatoms. The number of hydrogen-bond acceptors (Lipinski definition) is 5. The standard InChI is InChI=1S/C11H15BF2N2.C9H19BF2N2.C8H15BF2N2.C8H14BF2NO.C7H15BF2N2.5FH/c13-12(14)9-16-7-3-11(4-8-16)10-1-5-15-6-2-10;1-9(2,3)14-6-4-13(5-7-14)8-10(11)12;10-9(11)7-13-6-5-12-3-1-8(13)2-4-12;10-9(11)7-12-3-1-8(2-4-12)5-13-6-8;1-7-5-12(6-8(9)10)4-3-11(7)2;;;;;/h1-2,5-6,11H,3-4,7-9H2;4-8H2,1-3H3;8H,1-7H2;1-7H2;7H,3-6H2,1-2H3;5*1H/t;;;;7-;;;;;/m....1...../s1. The van der Waals surface area contributed by atoms with Gasteiger partial charge in [-0.1, -0.05) is 0 Å². The molecule has 8 fully saturated rings. The molecule has 9 rings (SSSR count). The second-order valence-electron chi connectivity index (χ2n) is 21.5. The molecule has 9 heterocycles. The molecule has 0 saturated carbocycles. The first-order chi connectivity index (χ1) is 32.2. The lowest BCUT2D eigenvalue weighted by Crippen LogP contribution is -3.17. The lowest BCUT2D eigenvalue weighted by molar-refractivity contribution is -0.913. The van der Waals surface area contributed by atoms with Crippen molar-refractivity contribution in [2.75, 3.05) is 151 Å². The molecule has 8 aliphatic rings. The van der Waals surface area contributed by atoms with E-state index in [4.69, 9.17) is 4.74 Å². The Morgan fingerprint density at radius 1 is 0.575 bits per heavy atom. The number of nitrogens with zero attached hydrogens (tertiary/aromatic N) is 4. The second kappa shape index (κ2) is 37.0. The van der Waals surface area contributed by atoms with E-state index in [1.807, 2.05) is 19.2 Å². The van der Waals surface area contributed by atoms with Crippen molar-refractivity contribution in [2.24, 2.45) is 5.41 Å². The largest absolute Gasteiger partial charge is 1.00 e. The van der Waals surface area contributed by atoms with Gasteiger partial charge in [0.15, 0.2) is 0 Å². The van der Waals surface area contributed by atoms with Gasteiger partial charge in [-0.25, -0.2) is 0 Å². The highest BCUT2D eigenvalue weighted by Gasteiger charge is 2.44. The van der Waals surface area contributed by atoms with Gasteiger partial charge in [0.25, 0.3) is 0 Å². The zero-order valence-corrected chi connectivity index (χ0v) is 43.6. The quantitative estimate of drug-likeness (QED) is 0.113. The summed E-state index contributed by atoms with van der Waals surface area (Å²) in [6.45, 7) is 24.2. The lowest BCUT2D eigenvalue weighted by Gasteiger charge is -2.45. The van der Waals surface area contributed by atoms with Crippen LogP contribution in [0.2, 0.25) is 0 Å². The van der Waals surface area contributed by atoms with Gasteiger partial charge in [-0.05, 0) is 58.4 Å². The average molecular weight is 1080 g/mol. The van der Waals surface area contributed by atoms with Gasteiger partial charge in [-0.15, -0.1) is 0 Å². The molecule has 1 aromatic heterocycles. The van der Waals surface area contributed by atoms with Crippen molar-refractivity contribution in [3.63, 3.8) is 0 Å². The molecule has 5 N–H and O–H groups in total. The predicted molar refractivity (Wildman–Crippen MR) is 254 cm³/mol. The summed E-state index contributed by atoms with van der Waals surface area (Å²) in [5.74, 6) is 0.532. The number of ether oxygens (including phenoxy) is 1. The van der Waals surface area contributed by atoms with E-state index >= 15 is 0 Å². The van der Waals surface area contributed by atoms with Gasteiger partial charge in [0.05, 0.1) is 84.2 Å². The van der Waals surface area contributed by atoms with Crippen molar-refractivity contribution < 1.29 is 95.9 Å². The maximum atomic E-state index is 12.2. The SMILES string of the molecule is CC(C)(C)N1CC[NH+](CB(F)F)CC1.C[C@@H]1C[NH+](CB(F)F)CCN1C.FB(F)C[NH+]1CCC(c2ccncc2)CC1.FB(F)C[NH+]1CCC2(CC1)COC2.FB(F)C[NH+]1CCN2CCC1CC2.[F-].[F-].[F-].[F-].[F-]. The van der Waals surface area contributed by atoms with Crippen LogP contribution in [-0.2, 0) is 4.74 Å². The number of fused-ring (bicyclic) bond motifs is 4. The van der Waals surface area contributed by atoms with Crippen molar-refractivity contribution >= 4 is 36.3 Å². The third-order valence-electron chi connectivity index (χ3n) is 15.4. The maximum absolute atomic E-state index is 12.2. The van der Waals surface area contributed by atoms with Crippen LogP contribution in [0.25, 0.3) is 0 Å². The van der Waals surface area contributed by atoms with Crippen LogP contribution in [0, 0.1) is 5.41 Å². The summed E-state index contributed by atoms with van der Waals surface area (Å²) in [5, 5.41) is 0. The number of pyridine rings is 1. The first-order valence-electron chi connectivity index (χ1n) is 25.4. The molecule has 1 spiro atoms. The van der Waals surface area contributed by atoms with E-state index in [9.17, 15) is 43.2 Å². The lowest BCUT2D eigenvalue weighted by atomic mass is 9.76. The van der Waals surface area contributed by atoms with Crippen LogP contribution < -0.4 is 48.0 Å². The van der Waals surface area contributed by atoms with E-state index in [1.54, 1.807) is 12.4 Å². The Labute approximate surface area is 427 Å². The highest BCUT2D eigenvalue weighted by Crippen LogP contribution is 2.35. The van der Waals surface area contributed by atoms with Gasteiger partial charge in [0.2, 0.25) is 0 Å². The van der Waals surface area contributed by atoms with E-state index in [0.717, 1.165) is 174 Å². The molecule has 0 aliphatic carbocycles. The molecule has 2 bridgehead atoms. The summed E-state index contributed by atoms with van der Waals surface area (Å²) in [6, 6.07) is 5.01. The van der Waals surface area contributed by atoms with Gasteiger partial charge in [-0.2, -0.15) is 0 Å². The summed E-state index contributed by atoms with van der Waals surface area (Å²) < 4.78 is 126. The molecule has 73 heavy (non-hydrogen) atoms. The molecule has 2 unspecified atom stereocenters. The average Bonchev–Trinajstić information content (AvgIpc) is 3.58. The summed E-state index contributed by atoms with van der Waals surface area (Å²) in [6.07, 6.45) is 10.1. The van der Waals surface area contributed by atoms with Crippen LogP contribution in [0.15, 0.2) is 24.5 Å². The van der Waals surface area contributed by atoms with Crippen molar-refractivity contribution in [1.29, 1.82) is 0 Å². The number of rotatable bonds is 11. The van der Waals surface area contributed by atoms with Crippen molar-refractivity contribution in [3.05, 3.63) is 30.1 Å². The van der Waals surface area contributed by atoms with Crippen LogP contribution in [-0.4, -0.2) is 224 Å². The molecule has 1 aromatic rings. The molecule has 8 saturated heterocycles. The fourth-order valence-electron chi connectivity index (χ4n) is 10.7. The third-order valence-corrected chi connectivity index (χ3v) is 15.4. The molecule has 3 atom stereocenters. The maximum Gasteiger partial charge on any atom is 0.592 e. The minimum absolute atomic E-state index is 0. The Bertz CT molecular complexity index is 1490. The van der Waals surface area contributed by atoms with Crippen LogP contribution in [0.1, 0.15) is 77.7 Å². The number of aromatic nitrogens is 1. The number of hydrogen-bond donors (Lipinski definition) is 5. The van der Waals surface area contributed by atoms with E-state index in [-0.39, 0.29) is 61.3 Å². The van der Waals surface area contributed by atoms with Crippen molar-refractivity contribution in [3.8, 4) is 0 Å². The number of halogens is 15. The summed E-state index contributed by atoms with van der Waals surface area (Å²) >= 11 is 0. The summed E-state index contributed by atoms with van der Waals surface area (Å²) in [4.78, 5) is 16.3. The van der Waals surface area contributed by atoms with Crippen molar-refractivity contribution in [2.45, 2.75) is 89.8 Å². The van der Waals surface area contributed by atoms with E-state index in [0.29, 0.717) is 23.4 Å². The predicted octanol–water partition coefficient (Wildman–Crippen LogP) is -16.1. The molecule has 0 aromatic carbocycles. The molecular formula is C43H83B5F15N9O. The minimum atomic E-state index is -2.17. The van der Waals surface area contributed by atoms with Crippen LogP contribution in [0.4, 0.5) is 43.2 Å². The Hall–Kier alpha value is -1.94. The molecule has 10 nitrogen and oxygen atoms in total. The van der Waals surface area contributed by atoms with E-state index in [2.05, 4.69) is 47.4 Å². The molecule has 0 radical (unpaired) electrons. The third kappa shape index (κ3) is 27.8. The first-order valence-corrected chi connectivity index (χ1v) is 25.4. The molecule has 0 amide bonds. The number of piperazine rings is 2. The fourth-order valence-corrected chi connectivity index (χ4v) is 10.7.